The van der Waals surface area contributed by atoms with Crippen molar-refractivity contribution in [1.29, 1.82) is 0 Å². The van der Waals surface area contributed by atoms with E-state index in [1.165, 1.54) is 39.1 Å². The Morgan fingerprint density at radius 2 is 1.24 bits per heavy atom. The summed E-state index contributed by atoms with van der Waals surface area (Å²) in [7, 11) is 4.29. The third-order valence-electron chi connectivity index (χ3n) is 4.34. The average Bonchev–Trinajstić information content (AvgIpc) is 2.50. The molecule has 0 spiro atoms. The molecule has 3 aromatic rings. The molecule has 0 aliphatic rings. The molecule has 0 aliphatic carbocycles. The number of rotatable bonds is 4. The van der Waals surface area contributed by atoms with E-state index in [0.29, 0.717) is 0 Å². The standard InChI is InChI=1S/C20H23N/c1-15-16-9-4-6-11-18(16)20(13-8-14-21(2)3)19-12-7-5-10-17(15)19/h4-7,9-12H,8,13-14H2,1-3H3. The van der Waals surface area contributed by atoms with E-state index in [4.69, 9.17) is 0 Å². The van der Waals surface area contributed by atoms with E-state index in [9.17, 15) is 0 Å². The van der Waals surface area contributed by atoms with Crippen LogP contribution in [-0.2, 0) is 6.42 Å². The highest BCUT2D eigenvalue weighted by Crippen LogP contribution is 2.33. The van der Waals surface area contributed by atoms with Gasteiger partial charge in [0.1, 0.15) is 0 Å². The van der Waals surface area contributed by atoms with E-state index in [1.807, 2.05) is 0 Å². The van der Waals surface area contributed by atoms with Crippen LogP contribution >= 0.6 is 0 Å². The first-order valence-corrected chi connectivity index (χ1v) is 7.72. The smallest absolute Gasteiger partial charge is 0.00217 e. The van der Waals surface area contributed by atoms with Gasteiger partial charge in [-0.25, -0.2) is 0 Å². The summed E-state index contributed by atoms with van der Waals surface area (Å²) in [4.78, 5) is 2.26. The van der Waals surface area contributed by atoms with Crippen LogP contribution in [0.5, 0.6) is 0 Å². The van der Waals surface area contributed by atoms with Crippen molar-refractivity contribution in [2.45, 2.75) is 19.8 Å². The van der Waals surface area contributed by atoms with Crippen LogP contribution in [0.4, 0.5) is 0 Å². The van der Waals surface area contributed by atoms with Crippen LogP contribution in [0.15, 0.2) is 48.5 Å². The second kappa shape index (κ2) is 5.87. The lowest BCUT2D eigenvalue weighted by Crippen LogP contribution is -2.13. The Hall–Kier alpha value is -1.86. The summed E-state index contributed by atoms with van der Waals surface area (Å²) in [5.74, 6) is 0. The van der Waals surface area contributed by atoms with Crippen LogP contribution in [0.25, 0.3) is 21.5 Å². The van der Waals surface area contributed by atoms with Gasteiger partial charge in [0.25, 0.3) is 0 Å². The molecule has 0 aromatic heterocycles. The highest BCUT2D eigenvalue weighted by atomic mass is 15.0. The molecule has 0 bridgehead atoms. The minimum Gasteiger partial charge on any atom is -0.309 e. The van der Waals surface area contributed by atoms with Crippen LogP contribution in [0, 0.1) is 6.92 Å². The molecule has 1 heteroatoms. The first-order chi connectivity index (χ1) is 10.2. The quantitative estimate of drug-likeness (QED) is 0.619. The fourth-order valence-corrected chi connectivity index (χ4v) is 3.28. The molecule has 0 amide bonds. The highest BCUT2D eigenvalue weighted by molar-refractivity contribution is 6.05. The zero-order valence-corrected chi connectivity index (χ0v) is 13.2. The maximum Gasteiger partial charge on any atom is -0.00217 e. The van der Waals surface area contributed by atoms with Crippen molar-refractivity contribution in [1.82, 2.24) is 4.90 Å². The van der Waals surface area contributed by atoms with Crippen molar-refractivity contribution in [2.75, 3.05) is 20.6 Å². The maximum absolute atomic E-state index is 2.28. The highest BCUT2D eigenvalue weighted by Gasteiger charge is 2.10. The van der Waals surface area contributed by atoms with Gasteiger partial charge >= 0.3 is 0 Å². The largest absolute Gasteiger partial charge is 0.309 e. The summed E-state index contributed by atoms with van der Waals surface area (Å²) in [5.41, 5.74) is 2.91. The topological polar surface area (TPSA) is 3.24 Å². The molecular formula is C20H23N. The van der Waals surface area contributed by atoms with Gasteiger partial charge in [-0.3, -0.25) is 0 Å². The maximum atomic E-state index is 2.28. The number of nitrogens with zero attached hydrogens (tertiary/aromatic N) is 1. The third kappa shape index (κ3) is 2.66. The zero-order valence-electron chi connectivity index (χ0n) is 13.2. The van der Waals surface area contributed by atoms with E-state index in [1.54, 1.807) is 0 Å². The Balaban J connectivity index is 2.20. The van der Waals surface area contributed by atoms with Gasteiger partial charge in [-0.2, -0.15) is 0 Å². The van der Waals surface area contributed by atoms with Crippen LogP contribution < -0.4 is 0 Å². The Bertz CT molecular complexity index is 714. The molecule has 0 heterocycles. The normalized spacial score (nSPS) is 11.6. The zero-order chi connectivity index (χ0) is 14.8. The number of aryl methyl sites for hydroxylation is 2. The Labute approximate surface area is 127 Å². The summed E-state index contributed by atoms with van der Waals surface area (Å²) < 4.78 is 0. The van der Waals surface area contributed by atoms with Crippen LogP contribution in [0.3, 0.4) is 0 Å². The fraction of sp³-hybridized carbons (Fsp3) is 0.300. The van der Waals surface area contributed by atoms with Crippen molar-refractivity contribution in [2.24, 2.45) is 0 Å². The number of benzene rings is 3. The van der Waals surface area contributed by atoms with Gasteiger partial charge < -0.3 is 4.90 Å². The molecule has 0 N–H and O–H groups in total. The molecule has 0 radical (unpaired) electrons. The lowest BCUT2D eigenvalue weighted by molar-refractivity contribution is 0.401. The fourth-order valence-electron chi connectivity index (χ4n) is 3.28. The molecule has 0 fully saturated rings. The van der Waals surface area contributed by atoms with Gasteiger partial charge in [0, 0.05) is 0 Å². The lowest BCUT2D eigenvalue weighted by atomic mass is 9.90. The predicted octanol–water partition coefficient (Wildman–Crippen LogP) is 4.80. The Morgan fingerprint density at radius 1 is 0.762 bits per heavy atom. The molecule has 0 unspecified atom stereocenters. The summed E-state index contributed by atoms with van der Waals surface area (Å²) >= 11 is 0. The van der Waals surface area contributed by atoms with Gasteiger partial charge in [0.15, 0.2) is 0 Å². The minimum absolute atomic E-state index is 1.14. The lowest BCUT2D eigenvalue weighted by Gasteiger charge is -2.16. The molecule has 0 atom stereocenters. The molecule has 0 saturated carbocycles. The van der Waals surface area contributed by atoms with Crippen LogP contribution in [0.2, 0.25) is 0 Å². The van der Waals surface area contributed by atoms with E-state index >= 15 is 0 Å². The molecule has 1 nitrogen and oxygen atoms in total. The van der Waals surface area contributed by atoms with Crippen molar-refractivity contribution < 1.29 is 0 Å². The average molecular weight is 277 g/mol. The molecule has 3 rings (SSSR count). The van der Waals surface area contributed by atoms with E-state index in [-0.39, 0.29) is 0 Å². The predicted molar refractivity (Wildman–Crippen MR) is 93.1 cm³/mol. The first-order valence-electron chi connectivity index (χ1n) is 7.72. The van der Waals surface area contributed by atoms with E-state index < -0.39 is 0 Å². The number of hydrogen-bond acceptors (Lipinski definition) is 1. The van der Waals surface area contributed by atoms with Crippen molar-refractivity contribution in [3.8, 4) is 0 Å². The molecule has 21 heavy (non-hydrogen) atoms. The summed E-state index contributed by atoms with van der Waals surface area (Å²) in [6.45, 7) is 3.38. The van der Waals surface area contributed by atoms with E-state index in [2.05, 4.69) is 74.4 Å². The van der Waals surface area contributed by atoms with Gasteiger partial charge in [-0.1, -0.05) is 48.5 Å². The molecular weight excluding hydrogens is 254 g/mol. The van der Waals surface area contributed by atoms with Crippen molar-refractivity contribution in [3.05, 3.63) is 59.7 Å². The third-order valence-corrected chi connectivity index (χ3v) is 4.34. The van der Waals surface area contributed by atoms with E-state index in [0.717, 1.165) is 13.0 Å². The molecule has 0 saturated heterocycles. The molecule has 3 aromatic carbocycles. The van der Waals surface area contributed by atoms with Crippen molar-refractivity contribution in [3.63, 3.8) is 0 Å². The second-order valence-electron chi connectivity index (χ2n) is 6.10. The van der Waals surface area contributed by atoms with Gasteiger partial charge in [-0.05, 0) is 73.1 Å². The van der Waals surface area contributed by atoms with Gasteiger partial charge in [0.2, 0.25) is 0 Å². The summed E-state index contributed by atoms with van der Waals surface area (Å²) in [6, 6.07) is 17.7. The van der Waals surface area contributed by atoms with Gasteiger partial charge in [0.05, 0.1) is 0 Å². The number of hydrogen-bond donors (Lipinski definition) is 0. The second-order valence-corrected chi connectivity index (χ2v) is 6.10. The summed E-state index contributed by atoms with van der Waals surface area (Å²) in [5, 5.41) is 5.65. The number of fused-ring (bicyclic) bond motifs is 2. The molecule has 108 valence electrons. The first kappa shape index (κ1) is 14.1. The van der Waals surface area contributed by atoms with Crippen LogP contribution in [0.1, 0.15) is 17.5 Å². The molecule has 0 aliphatic heterocycles. The summed E-state index contributed by atoms with van der Waals surface area (Å²) in [6.07, 6.45) is 2.34. The Kier molecular flexibility index (Phi) is 3.94. The SMILES string of the molecule is Cc1c2ccccc2c(CCCN(C)C)c2ccccc12. The Morgan fingerprint density at radius 3 is 1.71 bits per heavy atom. The van der Waals surface area contributed by atoms with Crippen LogP contribution in [-0.4, -0.2) is 25.5 Å². The van der Waals surface area contributed by atoms with Crippen molar-refractivity contribution >= 4 is 21.5 Å². The monoisotopic (exact) mass is 277 g/mol. The minimum atomic E-state index is 1.14. The van der Waals surface area contributed by atoms with Gasteiger partial charge in [-0.15, -0.1) is 0 Å².